The normalized spacial score (nSPS) is 13.1. The van der Waals surface area contributed by atoms with Crippen molar-refractivity contribution in [2.75, 3.05) is 13.7 Å². The van der Waals surface area contributed by atoms with Crippen LogP contribution in [0.25, 0.3) is 11.6 Å². The largest absolute Gasteiger partial charge is 0.482 e. The molecular weight excluding hydrogens is 301 g/mol. The van der Waals surface area contributed by atoms with Gasteiger partial charge in [0.1, 0.15) is 0 Å². The van der Waals surface area contributed by atoms with Crippen LogP contribution in [0, 0.1) is 0 Å². The average molecular weight is 316 g/mol. The summed E-state index contributed by atoms with van der Waals surface area (Å²) < 4.78 is 46.6. The Labute approximate surface area is 124 Å². The average Bonchev–Trinajstić information content (AvgIpc) is 2.93. The number of likely N-dealkylation sites (N-methyl/N-ethyl adjacent to an activating group) is 1. The summed E-state index contributed by atoms with van der Waals surface area (Å²) in [6, 6.07) is 2.97. The predicted molar refractivity (Wildman–Crippen MR) is 71.3 cm³/mol. The van der Waals surface area contributed by atoms with Crippen LogP contribution >= 0.6 is 0 Å². The van der Waals surface area contributed by atoms with Gasteiger partial charge in [-0.05, 0) is 26.1 Å². The Bertz CT molecular complexity index is 615. The molecule has 0 saturated heterocycles. The van der Waals surface area contributed by atoms with Crippen molar-refractivity contribution < 1.29 is 22.4 Å². The molecule has 1 unspecified atom stereocenters. The van der Waals surface area contributed by atoms with Crippen LogP contribution in [0.1, 0.15) is 12.7 Å². The summed E-state index contributed by atoms with van der Waals surface area (Å²) in [4.78, 5) is 8.09. The lowest BCUT2D eigenvalue weighted by molar-refractivity contribution is -0.153. The fourth-order valence-electron chi connectivity index (χ4n) is 1.64. The molecule has 22 heavy (non-hydrogen) atoms. The molecule has 0 amide bonds. The molecule has 2 aromatic heterocycles. The lowest BCUT2D eigenvalue weighted by Gasteiger charge is -2.10. The maximum absolute atomic E-state index is 12.3. The number of nitrogens with zero attached hydrogens (tertiary/aromatic N) is 3. The van der Waals surface area contributed by atoms with E-state index in [9.17, 15) is 13.2 Å². The number of alkyl halides is 3. The molecule has 1 N–H and O–H groups in total. The minimum atomic E-state index is -4.44. The third-order valence-corrected chi connectivity index (χ3v) is 2.81. The smallest absolute Gasteiger partial charge is 0.422 e. The maximum Gasteiger partial charge on any atom is 0.422 e. The van der Waals surface area contributed by atoms with Gasteiger partial charge in [-0.3, -0.25) is 0 Å². The first-order valence-corrected chi connectivity index (χ1v) is 6.54. The molecule has 120 valence electrons. The SMILES string of the molecule is CNC(C)Cc1noc(-c2ncccc2OCC(F)(F)F)n1. The van der Waals surface area contributed by atoms with Crippen LogP contribution < -0.4 is 10.1 Å². The summed E-state index contributed by atoms with van der Waals surface area (Å²) in [5, 5.41) is 6.81. The van der Waals surface area contributed by atoms with Gasteiger partial charge in [-0.2, -0.15) is 18.2 Å². The minimum Gasteiger partial charge on any atom is -0.482 e. The molecule has 0 fully saturated rings. The van der Waals surface area contributed by atoms with Crippen LogP contribution in [0.3, 0.4) is 0 Å². The van der Waals surface area contributed by atoms with E-state index in [0.717, 1.165) is 0 Å². The number of hydrogen-bond acceptors (Lipinski definition) is 6. The van der Waals surface area contributed by atoms with Crippen molar-refractivity contribution in [3.63, 3.8) is 0 Å². The number of nitrogens with one attached hydrogen (secondary N) is 1. The fraction of sp³-hybridized carbons (Fsp3) is 0.462. The summed E-state index contributed by atoms with van der Waals surface area (Å²) in [6.45, 7) is 0.526. The van der Waals surface area contributed by atoms with E-state index in [0.29, 0.717) is 12.2 Å². The van der Waals surface area contributed by atoms with E-state index >= 15 is 0 Å². The van der Waals surface area contributed by atoms with Gasteiger partial charge >= 0.3 is 6.18 Å². The molecule has 9 heteroatoms. The topological polar surface area (TPSA) is 73.1 Å². The van der Waals surface area contributed by atoms with Crippen LogP contribution in [0.2, 0.25) is 0 Å². The molecule has 0 radical (unpaired) electrons. The van der Waals surface area contributed by atoms with Gasteiger partial charge in [-0.25, -0.2) is 4.98 Å². The zero-order chi connectivity index (χ0) is 16.2. The van der Waals surface area contributed by atoms with Crippen molar-refractivity contribution >= 4 is 0 Å². The van der Waals surface area contributed by atoms with Crippen LogP contribution in [-0.4, -0.2) is 41.0 Å². The lowest BCUT2D eigenvalue weighted by atomic mass is 10.2. The van der Waals surface area contributed by atoms with E-state index in [1.54, 1.807) is 7.05 Å². The molecule has 2 heterocycles. The Kier molecular flexibility index (Phi) is 4.96. The van der Waals surface area contributed by atoms with Gasteiger partial charge < -0.3 is 14.6 Å². The highest BCUT2D eigenvalue weighted by molar-refractivity contribution is 5.56. The van der Waals surface area contributed by atoms with Crippen molar-refractivity contribution in [3.8, 4) is 17.3 Å². The lowest BCUT2D eigenvalue weighted by Crippen LogP contribution is -2.24. The quantitative estimate of drug-likeness (QED) is 0.881. The zero-order valence-corrected chi connectivity index (χ0v) is 12.0. The van der Waals surface area contributed by atoms with Crippen molar-refractivity contribution in [1.29, 1.82) is 0 Å². The molecule has 2 rings (SSSR count). The standard InChI is InChI=1S/C13H15F3N4O2/c1-8(17-2)6-10-19-12(22-20-10)11-9(4-3-5-18-11)21-7-13(14,15)16/h3-5,8,17H,6-7H2,1-2H3. The number of pyridine rings is 1. The molecular formula is C13H15F3N4O2. The molecule has 0 aliphatic rings. The monoisotopic (exact) mass is 316 g/mol. The Morgan fingerprint density at radius 1 is 1.41 bits per heavy atom. The molecule has 0 bridgehead atoms. The maximum atomic E-state index is 12.3. The van der Waals surface area contributed by atoms with Gasteiger partial charge in [0, 0.05) is 18.7 Å². The number of hydrogen-bond donors (Lipinski definition) is 1. The minimum absolute atomic E-state index is 0.0241. The van der Waals surface area contributed by atoms with E-state index in [1.807, 2.05) is 6.92 Å². The summed E-state index contributed by atoms with van der Waals surface area (Å²) in [5.41, 5.74) is 0.0858. The molecule has 0 aromatic carbocycles. The van der Waals surface area contributed by atoms with Crippen molar-refractivity contribution in [3.05, 3.63) is 24.2 Å². The second-order valence-corrected chi connectivity index (χ2v) is 4.66. The van der Waals surface area contributed by atoms with Gasteiger partial charge in [0.15, 0.2) is 23.9 Å². The van der Waals surface area contributed by atoms with Crippen LogP contribution in [0.4, 0.5) is 13.2 Å². The molecule has 0 aliphatic carbocycles. The molecule has 2 aromatic rings. The Morgan fingerprint density at radius 3 is 2.86 bits per heavy atom. The van der Waals surface area contributed by atoms with Gasteiger partial charge in [-0.15, -0.1) is 0 Å². The first-order chi connectivity index (χ1) is 10.4. The van der Waals surface area contributed by atoms with E-state index in [-0.39, 0.29) is 23.4 Å². The molecule has 6 nitrogen and oxygen atoms in total. The first kappa shape index (κ1) is 16.2. The number of aromatic nitrogens is 3. The summed E-state index contributed by atoms with van der Waals surface area (Å²) in [7, 11) is 1.80. The van der Waals surface area contributed by atoms with E-state index in [4.69, 9.17) is 9.26 Å². The Morgan fingerprint density at radius 2 is 2.18 bits per heavy atom. The third kappa shape index (κ3) is 4.42. The van der Waals surface area contributed by atoms with Crippen molar-refractivity contribution in [1.82, 2.24) is 20.4 Å². The number of rotatable bonds is 6. The van der Waals surface area contributed by atoms with Crippen LogP contribution in [-0.2, 0) is 6.42 Å². The fourth-order valence-corrected chi connectivity index (χ4v) is 1.64. The Hall–Kier alpha value is -2.16. The summed E-state index contributed by atoms with van der Waals surface area (Å²) >= 11 is 0. The Balaban J connectivity index is 2.18. The summed E-state index contributed by atoms with van der Waals surface area (Å²) in [5.74, 6) is 0.400. The van der Waals surface area contributed by atoms with Gasteiger partial charge in [0.25, 0.3) is 5.89 Å². The first-order valence-electron chi connectivity index (χ1n) is 6.54. The molecule has 0 aliphatic heterocycles. The van der Waals surface area contributed by atoms with E-state index in [1.165, 1.54) is 18.3 Å². The molecule has 0 spiro atoms. The predicted octanol–water partition coefficient (Wildman–Crippen LogP) is 2.22. The van der Waals surface area contributed by atoms with Gasteiger partial charge in [0.05, 0.1) is 0 Å². The summed E-state index contributed by atoms with van der Waals surface area (Å²) in [6.07, 6.45) is -2.50. The van der Waals surface area contributed by atoms with E-state index < -0.39 is 12.8 Å². The van der Waals surface area contributed by atoms with Gasteiger partial charge in [-0.1, -0.05) is 5.16 Å². The molecule has 0 saturated carbocycles. The third-order valence-electron chi connectivity index (χ3n) is 2.81. The number of ether oxygens (including phenoxy) is 1. The highest BCUT2D eigenvalue weighted by Crippen LogP contribution is 2.27. The van der Waals surface area contributed by atoms with Gasteiger partial charge in [0.2, 0.25) is 0 Å². The number of halogens is 3. The second kappa shape index (κ2) is 6.73. The van der Waals surface area contributed by atoms with E-state index in [2.05, 4.69) is 20.4 Å². The van der Waals surface area contributed by atoms with Crippen LogP contribution in [0.15, 0.2) is 22.9 Å². The highest BCUT2D eigenvalue weighted by Gasteiger charge is 2.29. The van der Waals surface area contributed by atoms with Crippen LogP contribution in [0.5, 0.6) is 5.75 Å². The highest BCUT2D eigenvalue weighted by atomic mass is 19.4. The van der Waals surface area contributed by atoms with Crippen molar-refractivity contribution in [2.24, 2.45) is 0 Å². The molecule has 1 atom stereocenters. The zero-order valence-electron chi connectivity index (χ0n) is 12.0. The van der Waals surface area contributed by atoms with Crippen molar-refractivity contribution in [2.45, 2.75) is 25.6 Å². The second-order valence-electron chi connectivity index (χ2n) is 4.66.